The molecule has 1 heterocycles. The van der Waals surface area contributed by atoms with Crippen molar-refractivity contribution in [2.75, 3.05) is 20.8 Å². The van der Waals surface area contributed by atoms with E-state index in [-0.39, 0.29) is 5.91 Å². The molecule has 0 spiro atoms. The summed E-state index contributed by atoms with van der Waals surface area (Å²) >= 11 is 0. The number of unbranched alkanes of at least 4 members (excludes halogenated alkanes) is 5. The molecule has 0 radical (unpaired) electrons. The minimum Gasteiger partial charge on any atom is -0.493 e. The Morgan fingerprint density at radius 2 is 1.69 bits per heavy atom. The van der Waals surface area contributed by atoms with Gasteiger partial charge in [0, 0.05) is 31.5 Å². The lowest BCUT2D eigenvalue weighted by molar-refractivity contribution is -0.132. The molecular formula is C28H37N3O4. The van der Waals surface area contributed by atoms with E-state index in [0.29, 0.717) is 49.1 Å². The van der Waals surface area contributed by atoms with Gasteiger partial charge >= 0.3 is 0 Å². The third kappa shape index (κ3) is 8.12. The molecule has 0 bridgehead atoms. The average Bonchev–Trinajstić information content (AvgIpc) is 3.37. The van der Waals surface area contributed by atoms with Crippen molar-refractivity contribution in [1.29, 1.82) is 0 Å². The fourth-order valence-electron chi connectivity index (χ4n) is 3.99. The van der Waals surface area contributed by atoms with Crippen molar-refractivity contribution in [3.05, 3.63) is 60.0 Å². The number of ether oxygens (including phenoxy) is 2. The first-order valence-electron chi connectivity index (χ1n) is 12.5. The molecule has 1 aromatic heterocycles. The Hall–Kier alpha value is -3.35. The molecule has 0 aliphatic rings. The first-order chi connectivity index (χ1) is 17.1. The number of rotatable bonds is 15. The molecule has 1 amide bonds. The number of methoxy groups -OCH3 is 2. The van der Waals surface area contributed by atoms with Crippen LogP contribution in [0.15, 0.2) is 53.1 Å². The van der Waals surface area contributed by atoms with Gasteiger partial charge in [-0.25, -0.2) is 0 Å². The van der Waals surface area contributed by atoms with Gasteiger partial charge in [-0.2, -0.15) is 4.98 Å². The van der Waals surface area contributed by atoms with Crippen LogP contribution in [0.1, 0.15) is 63.3 Å². The van der Waals surface area contributed by atoms with E-state index < -0.39 is 0 Å². The molecule has 0 aliphatic carbocycles. The molecule has 0 saturated carbocycles. The standard InChI is InChI=1S/C28H37N3O4/c1-4-5-6-7-8-12-15-27(32)31(21-22-13-10-9-11-14-22)19-18-26-29-28(30-35-26)23-16-17-24(33-2)25(20-23)34-3/h9-11,13-14,16-17,20H,4-8,12,15,18-19,21H2,1-3H3. The topological polar surface area (TPSA) is 77.7 Å². The molecule has 3 rings (SSSR count). The molecule has 2 aromatic carbocycles. The van der Waals surface area contributed by atoms with Crippen LogP contribution in [0.3, 0.4) is 0 Å². The molecule has 0 saturated heterocycles. The molecule has 0 unspecified atom stereocenters. The van der Waals surface area contributed by atoms with Crippen LogP contribution in [0.2, 0.25) is 0 Å². The van der Waals surface area contributed by atoms with Crippen molar-refractivity contribution < 1.29 is 18.8 Å². The van der Waals surface area contributed by atoms with E-state index in [1.165, 1.54) is 25.7 Å². The van der Waals surface area contributed by atoms with Crippen LogP contribution in [-0.4, -0.2) is 41.7 Å². The van der Waals surface area contributed by atoms with Crippen molar-refractivity contribution in [1.82, 2.24) is 15.0 Å². The van der Waals surface area contributed by atoms with Crippen LogP contribution in [0.4, 0.5) is 0 Å². The number of hydrogen-bond acceptors (Lipinski definition) is 6. The van der Waals surface area contributed by atoms with Gasteiger partial charge in [0.2, 0.25) is 17.6 Å². The van der Waals surface area contributed by atoms with E-state index in [2.05, 4.69) is 17.1 Å². The maximum atomic E-state index is 13.0. The van der Waals surface area contributed by atoms with Gasteiger partial charge in [-0.1, -0.05) is 74.5 Å². The lowest BCUT2D eigenvalue weighted by Gasteiger charge is -2.22. The molecule has 188 valence electrons. The Balaban J connectivity index is 1.61. The summed E-state index contributed by atoms with van der Waals surface area (Å²) in [6, 6.07) is 15.6. The zero-order valence-corrected chi connectivity index (χ0v) is 21.2. The van der Waals surface area contributed by atoms with Crippen molar-refractivity contribution >= 4 is 5.91 Å². The lowest BCUT2D eigenvalue weighted by Crippen LogP contribution is -2.32. The van der Waals surface area contributed by atoms with E-state index in [4.69, 9.17) is 14.0 Å². The second kappa shape index (κ2) is 14.1. The summed E-state index contributed by atoms with van der Waals surface area (Å²) in [4.78, 5) is 19.5. The van der Waals surface area contributed by atoms with Crippen molar-refractivity contribution in [2.24, 2.45) is 0 Å². The fraction of sp³-hybridized carbons (Fsp3) is 0.464. The largest absolute Gasteiger partial charge is 0.493 e. The molecule has 7 heteroatoms. The number of benzene rings is 2. The molecule has 0 aliphatic heterocycles. The fourth-order valence-corrected chi connectivity index (χ4v) is 3.99. The summed E-state index contributed by atoms with van der Waals surface area (Å²) in [6.45, 7) is 3.31. The maximum absolute atomic E-state index is 13.0. The number of hydrogen-bond donors (Lipinski definition) is 0. The van der Waals surface area contributed by atoms with Crippen LogP contribution in [-0.2, 0) is 17.8 Å². The maximum Gasteiger partial charge on any atom is 0.228 e. The molecule has 0 N–H and O–H groups in total. The lowest BCUT2D eigenvalue weighted by atomic mass is 10.1. The number of carbonyl (C=O) groups is 1. The number of carbonyl (C=O) groups excluding carboxylic acids is 1. The Morgan fingerprint density at radius 3 is 2.43 bits per heavy atom. The summed E-state index contributed by atoms with van der Waals surface area (Å²) in [7, 11) is 3.19. The van der Waals surface area contributed by atoms with Gasteiger partial charge in [0.25, 0.3) is 0 Å². The Labute approximate surface area is 208 Å². The summed E-state index contributed by atoms with van der Waals surface area (Å²) in [5.74, 6) is 2.39. The predicted molar refractivity (Wildman–Crippen MR) is 136 cm³/mol. The van der Waals surface area contributed by atoms with Crippen LogP contribution >= 0.6 is 0 Å². The van der Waals surface area contributed by atoms with Crippen molar-refractivity contribution in [2.45, 2.75) is 64.8 Å². The Kier molecular flexibility index (Phi) is 10.6. The highest BCUT2D eigenvalue weighted by Crippen LogP contribution is 2.31. The Bertz CT molecular complexity index is 1040. The van der Waals surface area contributed by atoms with Crippen LogP contribution in [0, 0.1) is 0 Å². The third-order valence-electron chi connectivity index (χ3n) is 6.02. The van der Waals surface area contributed by atoms with Crippen molar-refractivity contribution in [3.63, 3.8) is 0 Å². The van der Waals surface area contributed by atoms with Crippen molar-refractivity contribution in [3.8, 4) is 22.9 Å². The van der Waals surface area contributed by atoms with Gasteiger partial charge in [0.15, 0.2) is 11.5 Å². The normalized spacial score (nSPS) is 10.8. The first-order valence-corrected chi connectivity index (χ1v) is 12.5. The number of amides is 1. The van der Waals surface area contributed by atoms with Gasteiger partial charge in [0.1, 0.15) is 0 Å². The van der Waals surface area contributed by atoms with Crippen LogP contribution in [0.5, 0.6) is 11.5 Å². The van der Waals surface area contributed by atoms with Crippen LogP contribution < -0.4 is 9.47 Å². The van der Waals surface area contributed by atoms with E-state index in [1.54, 1.807) is 14.2 Å². The molecular weight excluding hydrogens is 442 g/mol. The molecule has 0 atom stereocenters. The highest BCUT2D eigenvalue weighted by Gasteiger charge is 2.17. The highest BCUT2D eigenvalue weighted by atomic mass is 16.5. The minimum atomic E-state index is 0.170. The summed E-state index contributed by atoms with van der Waals surface area (Å²) < 4.78 is 16.2. The number of nitrogens with zero attached hydrogens (tertiary/aromatic N) is 3. The third-order valence-corrected chi connectivity index (χ3v) is 6.02. The first kappa shape index (κ1) is 26.3. The SMILES string of the molecule is CCCCCCCCC(=O)N(CCc1nc(-c2ccc(OC)c(OC)c2)no1)Cc1ccccc1. The van der Waals surface area contributed by atoms with Gasteiger partial charge in [0.05, 0.1) is 14.2 Å². The summed E-state index contributed by atoms with van der Waals surface area (Å²) in [5, 5.41) is 4.12. The van der Waals surface area contributed by atoms with Gasteiger partial charge in [-0.3, -0.25) is 4.79 Å². The molecule has 3 aromatic rings. The highest BCUT2D eigenvalue weighted by molar-refractivity contribution is 5.76. The van der Waals surface area contributed by atoms with Gasteiger partial charge < -0.3 is 18.9 Å². The average molecular weight is 480 g/mol. The van der Waals surface area contributed by atoms with E-state index in [0.717, 1.165) is 24.0 Å². The second-order valence-electron chi connectivity index (χ2n) is 8.65. The van der Waals surface area contributed by atoms with E-state index >= 15 is 0 Å². The summed E-state index contributed by atoms with van der Waals surface area (Å²) in [6.07, 6.45) is 8.03. The molecule has 0 fully saturated rings. The molecule has 35 heavy (non-hydrogen) atoms. The smallest absolute Gasteiger partial charge is 0.228 e. The zero-order valence-electron chi connectivity index (χ0n) is 21.2. The quantitative estimate of drug-likeness (QED) is 0.246. The van der Waals surface area contributed by atoms with E-state index in [1.807, 2.05) is 53.4 Å². The van der Waals surface area contributed by atoms with E-state index in [9.17, 15) is 4.79 Å². The zero-order chi connectivity index (χ0) is 24.9. The summed E-state index contributed by atoms with van der Waals surface area (Å²) in [5.41, 5.74) is 1.89. The van der Waals surface area contributed by atoms with Crippen LogP contribution in [0.25, 0.3) is 11.4 Å². The number of aromatic nitrogens is 2. The predicted octanol–water partition coefficient (Wildman–Crippen LogP) is 6.08. The minimum absolute atomic E-state index is 0.170. The monoisotopic (exact) mass is 479 g/mol. The molecule has 7 nitrogen and oxygen atoms in total. The Morgan fingerprint density at radius 1 is 0.943 bits per heavy atom. The second-order valence-corrected chi connectivity index (χ2v) is 8.65. The van der Waals surface area contributed by atoms with Gasteiger partial charge in [-0.05, 0) is 30.2 Å². The van der Waals surface area contributed by atoms with Gasteiger partial charge in [-0.15, -0.1) is 0 Å².